The minimum atomic E-state index is -0.330. The Hall–Kier alpha value is -3.75. The SMILES string of the molecule is Cc1ccc2nc(-c3ccc(NC(=S)NC(=O)c4cccc5c(Br)cccc45)cc3O)oc2c1. The van der Waals surface area contributed by atoms with Crippen LogP contribution in [0.4, 0.5) is 5.69 Å². The number of aromatic nitrogens is 1. The second-order valence-electron chi connectivity index (χ2n) is 7.77. The molecule has 34 heavy (non-hydrogen) atoms. The number of phenolic OH excluding ortho intramolecular Hbond substituents is 1. The van der Waals surface area contributed by atoms with Crippen LogP contribution in [0.25, 0.3) is 33.3 Å². The van der Waals surface area contributed by atoms with E-state index in [0.29, 0.717) is 33.8 Å². The number of oxazole rings is 1. The second kappa shape index (κ2) is 8.89. The monoisotopic (exact) mass is 531 g/mol. The maximum atomic E-state index is 12.9. The number of fused-ring (bicyclic) bond motifs is 2. The zero-order chi connectivity index (χ0) is 23.8. The average molecular weight is 532 g/mol. The van der Waals surface area contributed by atoms with Gasteiger partial charge in [0, 0.05) is 21.8 Å². The van der Waals surface area contributed by atoms with E-state index in [2.05, 4.69) is 31.5 Å². The van der Waals surface area contributed by atoms with Crippen molar-refractivity contribution in [1.82, 2.24) is 10.3 Å². The summed E-state index contributed by atoms with van der Waals surface area (Å²) >= 11 is 8.83. The van der Waals surface area contributed by atoms with Gasteiger partial charge in [-0.2, -0.15) is 0 Å². The number of hydrogen-bond acceptors (Lipinski definition) is 5. The molecule has 0 spiro atoms. The summed E-state index contributed by atoms with van der Waals surface area (Å²) in [5.74, 6) is -0.0345. The number of carbonyl (C=O) groups is 1. The summed E-state index contributed by atoms with van der Waals surface area (Å²) < 4.78 is 6.71. The van der Waals surface area contributed by atoms with E-state index in [1.165, 1.54) is 6.07 Å². The van der Waals surface area contributed by atoms with Crippen LogP contribution >= 0.6 is 28.1 Å². The van der Waals surface area contributed by atoms with E-state index >= 15 is 0 Å². The molecule has 6 nitrogen and oxygen atoms in total. The molecule has 1 amide bonds. The van der Waals surface area contributed by atoms with Crippen molar-refractivity contribution in [2.75, 3.05) is 5.32 Å². The Labute approximate surface area is 208 Å². The number of anilines is 1. The summed E-state index contributed by atoms with van der Waals surface area (Å²) in [4.78, 5) is 17.3. The van der Waals surface area contributed by atoms with Crippen molar-refractivity contribution in [3.63, 3.8) is 0 Å². The van der Waals surface area contributed by atoms with Gasteiger partial charge in [-0.1, -0.05) is 46.3 Å². The zero-order valence-electron chi connectivity index (χ0n) is 17.9. The number of halogens is 1. The van der Waals surface area contributed by atoms with Crippen molar-refractivity contribution < 1.29 is 14.3 Å². The maximum absolute atomic E-state index is 12.9. The van der Waals surface area contributed by atoms with Crippen molar-refractivity contribution in [1.29, 1.82) is 0 Å². The highest BCUT2D eigenvalue weighted by molar-refractivity contribution is 9.10. The molecule has 0 unspecified atom stereocenters. The molecule has 0 saturated heterocycles. The quantitative estimate of drug-likeness (QED) is 0.229. The van der Waals surface area contributed by atoms with Crippen LogP contribution in [0.5, 0.6) is 5.75 Å². The molecule has 4 aromatic carbocycles. The zero-order valence-corrected chi connectivity index (χ0v) is 20.3. The van der Waals surface area contributed by atoms with Crippen LogP contribution in [-0.4, -0.2) is 21.1 Å². The van der Waals surface area contributed by atoms with Gasteiger partial charge >= 0.3 is 0 Å². The standard InChI is InChI=1S/C26H18BrN3O3S/c1-14-8-11-21-23(12-14)33-25(29-21)19-10-9-15(13-22(19)31)28-26(34)30-24(32)18-6-2-5-17-16(18)4-3-7-20(17)27/h2-13,31H,1H3,(H2,28,30,32,34). The Morgan fingerprint density at radius 2 is 1.82 bits per heavy atom. The van der Waals surface area contributed by atoms with Crippen LogP contribution in [0, 0.1) is 6.92 Å². The highest BCUT2D eigenvalue weighted by Crippen LogP contribution is 2.33. The Bertz CT molecular complexity index is 1600. The van der Waals surface area contributed by atoms with Crippen molar-refractivity contribution >= 4 is 66.7 Å². The number of aromatic hydroxyl groups is 1. The highest BCUT2D eigenvalue weighted by Gasteiger charge is 2.15. The smallest absolute Gasteiger partial charge is 0.258 e. The van der Waals surface area contributed by atoms with Crippen LogP contribution in [0.15, 0.2) is 81.7 Å². The molecular weight excluding hydrogens is 514 g/mol. The molecule has 0 aliphatic rings. The first-order chi connectivity index (χ1) is 16.4. The number of nitrogens with one attached hydrogen (secondary N) is 2. The van der Waals surface area contributed by atoms with Crippen LogP contribution in [0.2, 0.25) is 0 Å². The van der Waals surface area contributed by atoms with Crippen LogP contribution in [0.1, 0.15) is 15.9 Å². The van der Waals surface area contributed by atoms with Gasteiger partial charge in [0.1, 0.15) is 11.3 Å². The lowest BCUT2D eigenvalue weighted by Crippen LogP contribution is -2.34. The fourth-order valence-corrected chi connectivity index (χ4v) is 4.45. The van der Waals surface area contributed by atoms with Gasteiger partial charge in [-0.15, -0.1) is 0 Å². The van der Waals surface area contributed by atoms with Crippen molar-refractivity contribution in [2.45, 2.75) is 6.92 Å². The normalized spacial score (nSPS) is 11.0. The first-order valence-electron chi connectivity index (χ1n) is 10.4. The Morgan fingerprint density at radius 1 is 1.03 bits per heavy atom. The molecule has 0 radical (unpaired) electrons. The van der Waals surface area contributed by atoms with Gasteiger partial charge < -0.3 is 14.8 Å². The maximum Gasteiger partial charge on any atom is 0.258 e. The van der Waals surface area contributed by atoms with Crippen molar-refractivity contribution in [3.05, 3.63) is 88.4 Å². The first kappa shape index (κ1) is 22.1. The number of hydrogen-bond donors (Lipinski definition) is 3. The van der Waals surface area contributed by atoms with Crippen LogP contribution in [-0.2, 0) is 0 Å². The van der Waals surface area contributed by atoms with E-state index in [0.717, 1.165) is 20.8 Å². The molecule has 5 aromatic rings. The fourth-order valence-electron chi connectivity index (χ4n) is 3.74. The third kappa shape index (κ3) is 4.25. The summed E-state index contributed by atoms with van der Waals surface area (Å²) in [7, 11) is 0. The van der Waals surface area contributed by atoms with E-state index in [1.54, 1.807) is 18.2 Å². The minimum Gasteiger partial charge on any atom is -0.507 e. The third-order valence-corrected chi connectivity index (χ3v) is 6.27. The Kier molecular flexibility index (Phi) is 5.77. The third-order valence-electron chi connectivity index (χ3n) is 5.37. The molecule has 0 aliphatic heterocycles. The summed E-state index contributed by atoms with van der Waals surface area (Å²) in [5, 5.41) is 18.1. The van der Waals surface area contributed by atoms with Crippen molar-refractivity contribution in [2.24, 2.45) is 0 Å². The number of rotatable bonds is 3. The summed E-state index contributed by atoms with van der Waals surface area (Å²) in [6, 6.07) is 21.8. The van der Waals surface area contributed by atoms with Crippen LogP contribution in [0.3, 0.4) is 0 Å². The van der Waals surface area contributed by atoms with E-state index in [4.69, 9.17) is 16.6 Å². The number of benzene rings is 4. The molecule has 5 rings (SSSR count). The number of phenols is 1. The van der Waals surface area contributed by atoms with Gasteiger partial charge in [0.25, 0.3) is 5.91 Å². The van der Waals surface area contributed by atoms with Gasteiger partial charge in [0.2, 0.25) is 5.89 Å². The number of aryl methyl sites for hydroxylation is 1. The molecule has 1 aromatic heterocycles. The topological polar surface area (TPSA) is 87.4 Å². The lowest BCUT2D eigenvalue weighted by atomic mass is 10.0. The molecule has 168 valence electrons. The summed E-state index contributed by atoms with van der Waals surface area (Å²) in [5.41, 5.74) is 3.90. The largest absolute Gasteiger partial charge is 0.507 e. The molecular formula is C26H18BrN3O3S. The van der Waals surface area contributed by atoms with Gasteiger partial charge in [-0.3, -0.25) is 10.1 Å². The predicted octanol–water partition coefficient (Wildman–Crippen LogP) is 6.55. The first-order valence-corrected chi connectivity index (χ1v) is 11.6. The fraction of sp³-hybridized carbons (Fsp3) is 0.0385. The van der Waals surface area contributed by atoms with Gasteiger partial charge in [0.15, 0.2) is 10.7 Å². The van der Waals surface area contributed by atoms with E-state index < -0.39 is 0 Å². The molecule has 1 heterocycles. The molecule has 0 saturated carbocycles. The average Bonchev–Trinajstić information content (AvgIpc) is 3.21. The molecule has 8 heteroatoms. The van der Waals surface area contributed by atoms with Crippen LogP contribution < -0.4 is 10.6 Å². The summed E-state index contributed by atoms with van der Waals surface area (Å²) in [6.07, 6.45) is 0. The molecule has 0 bridgehead atoms. The van der Waals surface area contributed by atoms with Gasteiger partial charge in [-0.05, 0) is 71.9 Å². The van der Waals surface area contributed by atoms with Gasteiger partial charge in [-0.25, -0.2) is 4.98 Å². The lowest BCUT2D eigenvalue weighted by Gasteiger charge is -2.12. The second-order valence-corrected chi connectivity index (χ2v) is 9.03. The Balaban J connectivity index is 1.33. The van der Waals surface area contributed by atoms with Gasteiger partial charge in [0.05, 0.1) is 5.56 Å². The molecule has 0 aliphatic carbocycles. The van der Waals surface area contributed by atoms with E-state index in [9.17, 15) is 9.90 Å². The number of thiocarbonyl (C=S) groups is 1. The molecule has 0 atom stereocenters. The number of nitrogens with zero attached hydrogens (tertiary/aromatic N) is 1. The number of amides is 1. The predicted molar refractivity (Wildman–Crippen MR) is 141 cm³/mol. The Morgan fingerprint density at radius 3 is 2.65 bits per heavy atom. The van der Waals surface area contributed by atoms with E-state index in [1.807, 2.05) is 55.5 Å². The molecule has 0 fully saturated rings. The number of carbonyl (C=O) groups excluding carboxylic acids is 1. The van der Waals surface area contributed by atoms with E-state index in [-0.39, 0.29) is 16.8 Å². The molecule has 3 N–H and O–H groups in total. The lowest BCUT2D eigenvalue weighted by molar-refractivity contribution is 0.0979. The van der Waals surface area contributed by atoms with Crippen molar-refractivity contribution in [3.8, 4) is 17.2 Å². The summed E-state index contributed by atoms with van der Waals surface area (Å²) in [6.45, 7) is 1.97. The minimum absolute atomic E-state index is 0.0266. The highest BCUT2D eigenvalue weighted by atomic mass is 79.9.